The standard InChI is InChI=1S/C31H29N3O3.Ni/c35-29(22-32-21-24-14-6-2-7-15-24)33-27-19-11-10-18-26(27)30(25-16-8-3-9-17-25)34-28(31(36)37)20-23-12-4-1-5-13-23;/h1-19,28,32H,20-22H2,(H2,33,34,35,36,37);/p-1/t28-;/m0./s1. The molecule has 0 aliphatic rings. The van der Waals surface area contributed by atoms with Crippen LogP contribution in [0.5, 0.6) is 0 Å². The topological polar surface area (TPSA) is 92.9 Å². The second kappa shape index (κ2) is 14.6. The summed E-state index contributed by atoms with van der Waals surface area (Å²) >= 11 is 0. The summed E-state index contributed by atoms with van der Waals surface area (Å²) in [5.74, 6) is -1.34. The summed E-state index contributed by atoms with van der Waals surface area (Å²) in [6, 6.07) is 34.8. The summed E-state index contributed by atoms with van der Waals surface area (Å²) in [7, 11) is 0. The molecule has 0 fully saturated rings. The number of carboxylic acids is 1. The molecule has 0 saturated carbocycles. The molecule has 7 heteroatoms. The number of carbonyl (C=O) groups is 2. The Morgan fingerprint density at radius 2 is 1.32 bits per heavy atom. The fraction of sp³-hybridized carbons (Fsp3) is 0.129. The molecule has 1 amide bonds. The Balaban J connectivity index is 0.00000400. The van der Waals surface area contributed by atoms with E-state index in [4.69, 9.17) is 4.99 Å². The van der Waals surface area contributed by atoms with Crippen molar-refractivity contribution in [2.24, 2.45) is 4.99 Å². The van der Waals surface area contributed by atoms with Crippen LogP contribution in [-0.4, -0.2) is 35.3 Å². The van der Waals surface area contributed by atoms with E-state index in [0.29, 0.717) is 23.5 Å². The van der Waals surface area contributed by atoms with Gasteiger partial charge in [-0.2, -0.15) is 0 Å². The number of hydrogen-bond acceptors (Lipinski definition) is 4. The predicted octanol–water partition coefficient (Wildman–Crippen LogP) is 5.54. The second-order valence-corrected chi connectivity index (χ2v) is 8.50. The molecular formula is C31H28N3NiO3-. The van der Waals surface area contributed by atoms with Crippen LogP contribution in [-0.2, 0) is 39.0 Å². The molecule has 0 aromatic heterocycles. The van der Waals surface area contributed by atoms with Crippen molar-refractivity contribution in [3.05, 3.63) is 143 Å². The van der Waals surface area contributed by atoms with Crippen LogP contribution in [0, 0.1) is 0 Å². The van der Waals surface area contributed by atoms with Gasteiger partial charge < -0.3 is 20.5 Å². The Labute approximate surface area is 232 Å². The van der Waals surface area contributed by atoms with Crippen molar-refractivity contribution in [3.8, 4) is 0 Å². The molecule has 0 aliphatic carbocycles. The summed E-state index contributed by atoms with van der Waals surface area (Å²) in [5, 5.41) is 17.5. The van der Waals surface area contributed by atoms with Gasteiger partial charge in [-0.25, -0.2) is 4.79 Å². The van der Waals surface area contributed by atoms with E-state index in [9.17, 15) is 14.7 Å². The molecule has 0 unspecified atom stereocenters. The number of benzene rings is 4. The van der Waals surface area contributed by atoms with Crippen LogP contribution in [0.1, 0.15) is 22.3 Å². The number of carboxylic acid groups (broad SMARTS) is 1. The van der Waals surface area contributed by atoms with Crippen LogP contribution < -0.4 is 5.32 Å². The van der Waals surface area contributed by atoms with E-state index in [1.54, 1.807) is 12.1 Å². The first-order chi connectivity index (χ1) is 18.1. The van der Waals surface area contributed by atoms with E-state index < -0.39 is 12.0 Å². The maximum absolute atomic E-state index is 12.7. The molecule has 4 aromatic rings. The number of aliphatic carboxylic acids is 1. The molecule has 4 rings (SSSR count). The predicted molar refractivity (Wildman–Crippen MR) is 146 cm³/mol. The van der Waals surface area contributed by atoms with Gasteiger partial charge in [0.25, 0.3) is 0 Å². The normalized spacial score (nSPS) is 11.7. The molecular weight excluding hydrogens is 521 g/mol. The number of rotatable bonds is 11. The maximum atomic E-state index is 12.7. The Morgan fingerprint density at radius 1 is 0.763 bits per heavy atom. The smallest absolute Gasteiger partial charge is 0.328 e. The maximum Gasteiger partial charge on any atom is 0.328 e. The average Bonchev–Trinajstić information content (AvgIpc) is 2.93. The average molecular weight is 549 g/mol. The first-order valence-electron chi connectivity index (χ1n) is 12.1. The van der Waals surface area contributed by atoms with Crippen LogP contribution in [0.15, 0.2) is 120 Å². The van der Waals surface area contributed by atoms with Gasteiger partial charge in [0, 0.05) is 41.6 Å². The second-order valence-electron chi connectivity index (χ2n) is 8.50. The summed E-state index contributed by atoms with van der Waals surface area (Å²) in [6.07, 6.45) is 0.244. The van der Waals surface area contributed by atoms with Gasteiger partial charge in [0.15, 0.2) is 6.04 Å². The fourth-order valence-electron chi connectivity index (χ4n) is 3.93. The molecule has 0 radical (unpaired) electrons. The molecule has 0 spiro atoms. The third-order valence-electron chi connectivity index (χ3n) is 5.74. The van der Waals surface area contributed by atoms with Gasteiger partial charge in [-0.05, 0) is 16.7 Å². The van der Waals surface area contributed by atoms with Crippen LogP contribution in [0.4, 0.5) is 5.69 Å². The van der Waals surface area contributed by atoms with Crippen LogP contribution in [0.3, 0.4) is 0 Å². The van der Waals surface area contributed by atoms with E-state index in [1.807, 2.05) is 103 Å². The van der Waals surface area contributed by atoms with Crippen LogP contribution in [0.2, 0.25) is 0 Å². The molecule has 0 aliphatic heterocycles. The van der Waals surface area contributed by atoms with Crippen molar-refractivity contribution in [2.75, 3.05) is 6.54 Å². The number of carbonyl (C=O) groups excluding carboxylic acids is 1. The molecule has 0 bridgehead atoms. The van der Waals surface area contributed by atoms with Crippen LogP contribution >= 0.6 is 0 Å². The number of aliphatic imine (C=N–C) groups is 1. The Kier molecular flexibility index (Phi) is 11.0. The summed E-state index contributed by atoms with van der Waals surface area (Å²) in [5.41, 5.74) is 4.23. The summed E-state index contributed by atoms with van der Waals surface area (Å²) < 4.78 is 0. The SMILES string of the molecule is O=C(CNCc1ccccc1)[N-]c1ccccc1C(=N[C@@H](Cc1ccccc1)C(=O)O)c1ccccc1.[Ni]. The number of nitrogens with zero attached hydrogens (tertiary/aromatic N) is 2. The van der Waals surface area contributed by atoms with Gasteiger partial charge >= 0.3 is 5.97 Å². The number of para-hydroxylation sites is 1. The summed E-state index contributed by atoms with van der Waals surface area (Å²) in [6.45, 7) is 0.632. The Morgan fingerprint density at radius 3 is 1.95 bits per heavy atom. The third kappa shape index (κ3) is 8.24. The minimum atomic E-state index is -1.02. The van der Waals surface area contributed by atoms with Crippen molar-refractivity contribution in [1.82, 2.24) is 5.32 Å². The van der Waals surface area contributed by atoms with Crippen molar-refractivity contribution in [1.29, 1.82) is 0 Å². The Hall–Kier alpha value is -4.06. The minimum absolute atomic E-state index is 0. The molecule has 6 nitrogen and oxygen atoms in total. The molecule has 4 aromatic carbocycles. The van der Waals surface area contributed by atoms with E-state index in [2.05, 4.69) is 10.6 Å². The minimum Gasteiger partial charge on any atom is -0.625 e. The van der Waals surface area contributed by atoms with Crippen molar-refractivity contribution in [3.63, 3.8) is 0 Å². The zero-order chi connectivity index (χ0) is 25.9. The van der Waals surface area contributed by atoms with Crippen LogP contribution in [0.25, 0.3) is 5.32 Å². The van der Waals surface area contributed by atoms with Gasteiger partial charge in [-0.1, -0.05) is 115 Å². The fourth-order valence-corrected chi connectivity index (χ4v) is 3.93. The molecule has 0 saturated heterocycles. The first-order valence-corrected chi connectivity index (χ1v) is 12.1. The largest absolute Gasteiger partial charge is 0.625 e. The van der Waals surface area contributed by atoms with E-state index in [1.165, 1.54) is 0 Å². The third-order valence-corrected chi connectivity index (χ3v) is 5.74. The summed E-state index contributed by atoms with van der Waals surface area (Å²) in [4.78, 5) is 29.6. The number of amides is 1. The zero-order valence-electron chi connectivity index (χ0n) is 20.6. The molecule has 2 N–H and O–H groups in total. The van der Waals surface area contributed by atoms with Gasteiger partial charge in [0.2, 0.25) is 0 Å². The Bertz CT molecular complexity index is 1350. The van der Waals surface area contributed by atoms with E-state index in [0.717, 1.165) is 16.7 Å². The first kappa shape index (κ1) is 28.5. The van der Waals surface area contributed by atoms with E-state index in [-0.39, 0.29) is 35.4 Å². The molecule has 38 heavy (non-hydrogen) atoms. The number of hydrogen-bond donors (Lipinski definition) is 2. The molecule has 196 valence electrons. The van der Waals surface area contributed by atoms with Gasteiger partial charge in [-0.15, -0.1) is 5.69 Å². The van der Waals surface area contributed by atoms with Crippen molar-refractivity contribution >= 4 is 23.3 Å². The van der Waals surface area contributed by atoms with Crippen molar-refractivity contribution < 1.29 is 31.2 Å². The van der Waals surface area contributed by atoms with Crippen molar-refractivity contribution in [2.45, 2.75) is 19.0 Å². The molecule has 0 heterocycles. The monoisotopic (exact) mass is 548 g/mol. The van der Waals surface area contributed by atoms with Gasteiger partial charge in [0.05, 0.1) is 11.6 Å². The zero-order valence-corrected chi connectivity index (χ0v) is 21.6. The van der Waals surface area contributed by atoms with Gasteiger partial charge in [-0.3, -0.25) is 4.99 Å². The molecule has 1 atom stereocenters. The quantitative estimate of drug-likeness (QED) is 0.190. The number of nitrogens with one attached hydrogen (secondary N) is 1. The van der Waals surface area contributed by atoms with E-state index >= 15 is 0 Å². The van der Waals surface area contributed by atoms with Gasteiger partial charge in [0.1, 0.15) is 0 Å².